The van der Waals surface area contributed by atoms with E-state index in [1.165, 1.54) is 48.2 Å². The third-order valence-electron chi connectivity index (χ3n) is 3.65. The number of hydrogen-bond acceptors (Lipinski definition) is 5. The van der Waals surface area contributed by atoms with Gasteiger partial charge in [0.1, 0.15) is 5.82 Å². The summed E-state index contributed by atoms with van der Waals surface area (Å²) in [5.74, 6) is -0.0591. The van der Waals surface area contributed by atoms with Crippen LogP contribution in [0.15, 0.2) is 53.5 Å². The van der Waals surface area contributed by atoms with E-state index in [9.17, 15) is 19.3 Å². The second kappa shape index (κ2) is 7.43. The number of nitro benzene ring substituents is 1. The van der Waals surface area contributed by atoms with E-state index in [4.69, 9.17) is 0 Å². The predicted molar refractivity (Wildman–Crippen MR) is 94.1 cm³/mol. The summed E-state index contributed by atoms with van der Waals surface area (Å²) in [5, 5.41) is 11.3. The Kier molecular flexibility index (Phi) is 5.08. The topological polar surface area (TPSA) is 75.8 Å². The van der Waals surface area contributed by atoms with E-state index < -0.39 is 4.92 Å². The summed E-state index contributed by atoms with van der Waals surface area (Å²) in [6.07, 6.45) is 0. The van der Waals surface area contributed by atoms with Gasteiger partial charge < -0.3 is 0 Å². The van der Waals surface area contributed by atoms with Crippen molar-refractivity contribution in [3.05, 3.63) is 75.6 Å². The van der Waals surface area contributed by atoms with Crippen LogP contribution in [0.1, 0.15) is 15.9 Å². The molecule has 0 bridgehead atoms. The van der Waals surface area contributed by atoms with Crippen molar-refractivity contribution in [1.82, 2.24) is 4.90 Å². The van der Waals surface area contributed by atoms with Crippen molar-refractivity contribution < 1.29 is 14.1 Å². The number of non-ortho nitro benzene ring substituents is 1. The van der Waals surface area contributed by atoms with Crippen LogP contribution in [0.3, 0.4) is 0 Å². The lowest BCUT2D eigenvalue weighted by molar-refractivity contribution is -0.384. The fourth-order valence-corrected chi connectivity index (χ4v) is 3.35. The van der Waals surface area contributed by atoms with Crippen LogP contribution < -0.4 is 0 Å². The minimum atomic E-state index is -0.443. The van der Waals surface area contributed by atoms with E-state index in [-0.39, 0.29) is 17.4 Å². The summed E-state index contributed by atoms with van der Waals surface area (Å²) >= 11 is 1.40. The molecule has 6 nitrogen and oxygen atoms in total. The van der Waals surface area contributed by atoms with E-state index in [2.05, 4.69) is 4.99 Å². The molecule has 0 unspecified atom stereocenters. The van der Waals surface area contributed by atoms with Crippen LogP contribution >= 0.6 is 11.8 Å². The minimum absolute atomic E-state index is 0.0417. The van der Waals surface area contributed by atoms with Crippen molar-refractivity contribution in [2.75, 3.05) is 13.1 Å². The smallest absolute Gasteiger partial charge is 0.269 e. The van der Waals surface area contributed by atoms with Gasteiger partial charge in [-0.15, -0.1) is 0 Å². The molecular formula is C17H14FN3O3S. The van der Waals surface area contributed by atoms with Gasteiger partial charge in [-0.05, 0) is 29.8 Å². The zero-order chi connectivity index (χ0) is 17.8. The lowest BCUT2D eigenvalue weighted by Gasteiger charge is -2.17. The largest absolute Gasteiger partial charge is 0.286 e. The Labute approximate surface area is 147 Å². The molecule has 0 atom stereocenters. The van der Waals surface area contributed by atoms with Gasteiger partial charge in [-0.25, -0.2) is 4.39 Å². The third-order valence-corrected chi connectivity index (χ3v) is 4.74. The molecular weight excluding hydrogens is 345 g/mol. The monoisotopic (exact) mass is 359 g/mol. The van der Waals surface area contributed by atoms with Crippen molar-refractivity contribution in [2.24, 2.45) is 4.99 Å². The lowest BCUT2D eigenvalue weighted by atomic mass is 10.2. The Balaban J connectivity index is 1.64. The van der Waals surface area contributed by atoms with Crippen molar-refractivity contribution in [1.29, 1.82) is 0 Å². The first-order valence-electron chi connectivity index (χ1n) is 7.52. The quantitative estimate of drug-likeness (QED) is 0.619. The Morgan fingerprint density at radius 3 is 2.52 bits per heavy atom. The molecule has 0 N–H and O–H groups in total. The number of rotatable bonds is 4. The highest BCUT2D eigenvalue weighted by molar-refractivity contribution is 8.13. The lowest BCUT2D eigenvalue weighted by Crippen LogP contribution is -2.32. The van der Waals surface area contributed by atoms with Crippen LogP contribution in [-0.2, 0) is 5.75 Å². The second-order valence-electron chi connectivity index (χ2n) is 5.34. The number of hydrogen-bond donors (Lipinski definition) is 0. The molecule has 0 spiro atoms. The molecule has 128 valence electrons. The molecule has 1 aliphatic heterocycles. The van der Waals surface area contributed by atoms with Gasteiger partial charge in [-0.1, -0.05) is 23.9 Å². The molecule has 0 saturated carbocycles. The van der Waals surface area contributed by atoms with Gasteiger partial charge in [0.25, 0.3) is 11.6 Å². The number of halogens is 1. The van der Waals surface area contributed by atoms with E-state index in [0.29, 0.717) is 29.6 Å². The fraction of sp³-hybridized carbons (Fsp3) is 0.176. The number of nitrogens with zero attached hydrogens (tertiary/aromatic N) is 3. The van der Waals surface area contributed by atoms with Gasteiger partial charge in [0.15, 0.2) is 5.17 Å². The molecule has 1 heterocycles. The number of aliphatic imine (C=N–C) groups is 1. The van der Waals surface area contributed by atoms with Gasteiger partial charge in [0.2, 0.25) is 0 Å². The highest BCUT2D eigenvalue weighted by Crippen LogP contribution is 2.22. The SMILES string of the molecule is O=C(c1ccc(F)cc1)N1CCN=C1SCc1ccc([N+](=O)[O-])cc1. The minimum Gasteiger partial charge on any atom is -0.286 e. The standard InChI is InChI=1S/C17H14FN3O3S/c18-14-5-3-13(4-6-14)16(22)20-10-9-19-17(20)25-11-12-1-7-15(8-2-12)21(23)24/h1-8H,9-11H2. The number of thioether (sulfide) groups is 1. The average Bonchev–Trinajstić information content (AvgIpc) is 3.09. The maximum Gasteiger partial charge on any atom is 0.269 e. The first-order valence-corrected chi connectivity index (χ1v) is 8.51. The molecule has 1 amide bonds. The van der Waals surface area contributed by atoms with Gasteiger partial charge in [-0.3, -0.25) is 24.8 Å². The number of carbonyl (C=O) groups excluding carboxylic acids is 1. The van der Waals surface area contributed by atoms with Crippen LogP contribution in [0.25, 0.3) is 0 Å². The first kappa shape index (κ1) is 17.1. The zero-order valence-electron chi connectivity index (χ0n) is 13.1. The van der Waals surface area contributed by atoms with E-state index in [1.54, 1.807) is 17.0 Å². The fourth-order valence-electron chi connectivity index (χ4n) is 2.35. The van der Waals surface area contributed by atoms with E-state index in [0.717, 1.165) is 5.56 Å². The van der Waals surface area contributed by atoms with Gasteiger partial charge in [0, 0.05) is 30.0 Å². The Hall–Kier alpha value is -2.74. The van der Waals surface area contributed by atoms with Crippen LogP contribution in [0.2, 0.25) is 0 Å². The van der Waals surface area contributed by atoms with Crippen molar-refractivity contribution >= 4 is 28.5 Å². The number of nitro groups is 1. The Morgan fingerprint density at radius 2 is 1.88 bits per heavy atom. The van der Waals surface area contributed by atoms with Crippen molar-refractivity contribution in [3.63, 3.8) is 0 Å². The molecule has 2 aromatic carbocycles. The van der Waals surface area contributed by atoms with Crippen molar-refractivity contribution in [2.45, 2.75) is 5.75 Å². The molecule has 0 aliphatic carbocycles. The van der Waals surface area contributed by atoms with Crippen LogP contribution in [-0.4, -0.2) is 34.0 Å². The number of amides is 1. The average molecular weight is 359 g/mol. The highest BCUT2D eigenvalue weighted by Gasteiger charge is 2.25. The van der Waals surface area contributed by atoms with Crippen LogP contribution in [0, 0.1) is 15.9 Å². The Morgan fingerprint density at radius 1 is 1.20 bits per heavy atom. The van der Waals surface area contributed by atoms with Crippen LogP contribution in [0.5, 0.6) is 0 Å². The summed E-state index contributed by atoms with van der Waals surface area (Å²) in [6.45, 7) is 1.01. The number of amidine groups is 1. The normalized spacial score (nSPS) is 13.6. The summed E-state index contributed by atoms with van der Waals surface area (Å²) in [6, 6.07) is 11.7. The molecule has 1 aliphatic rings. The molecule has 25 heavy (non-hydrogen) atoms. The maximum absolute atomic E-state index is 13.0. The maximum atomic E-state index is 13.0. The van der Waals surface area contributed by atoms with Gasteiger partial charge in [0.05, 0.1) is 11.5 Å². The van der Waals surface area contributed by atoms with E-state index >= 15 is 0 Å². The van der Waals surface area contributed by atoms with Gasteiger partial charge in [-0.2, -0.15) is 0 Å². The molecule has 0 saturated heterocycles. The van der Waals surface area contributed by atoms with Gasteiger partial charge >= 0.3 is 0 Å². The van der Waals surface area contributed by atoms with Crippen molar-refractivity contribution in [3.8, 4) is 0 Å². The number of carbonyl (C=O) groups is 1. The first-order chi connectivity index (χ1) is 12.0. The molecule has 0 radical (unpaired) electrons. The molecule has 0 aromatic heterocycles. The summed E-state index contributed by atoms with van der Waals surface area (Å²) in [5.41, 5.74) is 1.35. The summed E-state index contributed by atoms with van der Waals surface area (Å²) < 4.78 is 13.0. The molecule has 0 fully saturated rings. The zero-order valence-corrected chi connectivity index (χ0v) is 13.9. The highest BCUT2D eigenvalue weighted by atomic mass is 32.2. The number of benzene rings is 2. The third kappa shape index (κ3) is 4.03. The molecule has 3 rings (SSSR count). The predicted octanol–water partition coefficient (Wildman–Crippen LogP) is 3.48. The molecule has 2 aromatic rings. The summed E-state index contributed by atoms with van der Waals surface area (Å²) in [7, 11) is 0. The Bertz CT molecular complexity index is 822. The van der Waals surface area contributed by atoms with E-state index in [1.807, 2.05) is 0 Å². The second-order valence-corrected chi connectivity index (χ2v) is 6.28. The van der Waals surface area contributed by atoms with Crippen LogP contribution in [0.4, 0.5) is 10.1 Å². The molecule has 8 heteroatoms. The summed E-state index contributed by atoms with van der Waals surface area (Å²) in [4.78, 5) is 28.7.